The monoisotopic (exact) mass is 289 g/mol. The minimum absolute atomic E-state index is 0.210. The number of nitrogens with zero attached hydrogens (tertiary/aromatic N) is 3. The van der Waals surface area contributed by atoms with Crippen molar-refractivity contribution in [1.82, 2.24) is 14.5 Å². The highest BCUT2D eigenvalue weighted by atomic mass is 16.5. The van der Waals surface area contributed by atoms with Crippen molar-refractivity contribution in [3.05, 3.63) is 40.4 Å². The first-order valence-corrected chi connectivity index (χ1v) is 6.70. The van der Waals surface area contributed by atoms with Crippen LogP contribution in [0, 0.1) is 0 Å². The number of carboxylic acids is 1. The SMILES string of the molecule is O=C(O)c1nc2ccccc2c(=O)n1CN1CCOCC1. The third kappa shape index (κ3) is 2.65. The minimum Gasteiger partial charge on any atom is -0.475 e. The summed E-state index contributed by atoms with van der Waals surface area (Å²) in [6.07, 6.45) is 0. The Morgan fingerprint density at radius 3 is 2.71 bits per heavy atom. The molecule has 1 aromatic heterocycles. The molecule has 7 nitrogen and oxygen atoms in total. The maximum absolute atomic E-state index is 12.5. The van der Waals surface area contributed by atoms with Crippen LogP contribution in [0.2, 0.25) is 0 Å². The number of morpholine rings is 1. The smallest absolute Gasteiger partial charge is 0.372 e. The normalized spacial score (nSPS) is 16.2. The largest absolute Gasteiger partial charge is 0.475 e. The summed E-state index contributed by atoms with van der Waals surface area (Å²) >= 11 is 0. The fourth-order valence-corrected chi connectivity index (χ4v) is 2.41. The van der Waals surface area contributed by atoms with E-state index in [9.17, 15) is 14.7 Å². The molecule has 0 radical (unpaired) electrons. The third-order valence-corrected chi connectivity index (χ3v) is 3.50. The topological polar surface area (TPSA) is 84.7 Å². The van der Waals surface area contributed by atoms with Crippen LogP contribution in [0.3, 0.4) is 0 Å². The van der Waals surface area contributed by atoms with Gasteiger partial charge in [-0.25, -0.2) is 9.78 Å². The van der Waals surface area contributed by atoms with E-state index < -0.39 is 5.97 Å². The van der Waals surface area contributed by atoms with Crippen molar-refractivity contribution in [2.45, 2.75) is 6.67 Å². The summed E-state index contributed by atoms with van der Waals surface area (Å²) in [7, 11) is 0. The van der Waals surface area contributed by atoms with Crippen molar-refractivity contribution in [3.63, 3.8) is 0 Å². The molecule has 1 fully saturated rings. The van der Waals surface area contributed by atoms with Crippen LogP contribution in [-0.4, -0.2) is 51.8 Å². The van der Waals surface area contributed by atoms with E-state index in [1.54, 1.807) is 24.3 Å². The predicted octanol–water partition coefficient (Wildman–Crippen LogP) is 0.384. The first-order chi connectivity index (χ1) is 10.2. The second kappa shape index (κ2) is 5.63. The van der Waals surface area contributed by atoms with Crippen LogP contribution < -0.4 is 5.56 Å². The van der Waals surface area contributed by atoms with Crippen LogP contribution in [0.4, 0.5) is 0 Å². The highest BCUT2D eigenvalue weighted by Crippen LogP contribution is 2.09. The zero-order valence-electron chi connectivity index (χ0n) is 11.4. The molecule has 0 spiro atoms. The Labute approximate surface area is 120 Å². The van der Waals surface area contributed by atoms with Crippen molar-refractivity contribution < 1.29 is 14.6 Å². The molecule has 0 unspecified atom stereocenters. The fraction of sp³-hybridized carbons (Fsp3) is 0.357. The maximum atomic E-state index is 12.5. The molecule has 2 heterocycles. The van der Waals surface area contributed by atoms with E-state index in [4.69, 9.17) is 4.74 Å². The van der Waals surface area contributed by atoms with Gasteiger partial charge in [0.1, 0.15) is 0 Å². The van der Waals surface area contributed by atoms with E-state index in [0.717, 1.165) is 0 Å². The molecule has 1 aliphatic heterocycles. The van der Waals surface area contributed by atoms with Crippen molar-refractivity contribution in [3.8, 4) is 0 Å². The number of carbonyl (C=O) groups is 1. The lowest BCUT2D eigenvalue weighted by Gasteiger charge is -2.27. The molecule has 0 amide bonds. The minimum atomic E-state index is -1.20. The number of fused-ring (bicyclic) bond motifs is 1. The van der Waals surface area contributed by atoms with Crippen LogP contribution in [-0.2, 0) is 11.4 Å². The van der Waals surface area contributed by atoms with E-state index in [-0.39, 0.29) is 18.1 Å². The van der Waals surface area contributed by atoms with Gasteiger partial charge in [0.05, 0.1) is 30.8 Å². The summed E-state index contributed by atoms with van der Waals surface area (Å²) < 4.78 is 6.47. The molecule has 3 rings (SSSR count). The van der Waals surface area contributed by atoms with Gasteiger partial charge in [0, 0.05) is 13.1 Å². The van der Waals surface area contributed by atoms with Gasteiger partial charge in [-0.3, -0.25) is 14.3 Å². The summed E-state index contributed by atoms with van der Waals surface area (Å²) in [5.41, 5.74) is 0.0719. The van der Waals surface area contributed by atoms with Crippen LogP contribution in [0.5, 0.6) is 0 Å². The molecule has 2 aromatic rings. The summed E-state index contributed by atoms with van der Waals surface area (Å²) in [4.78, 5) is 30.0. The van der Waals surface area contributed by atoms with Crippen molar-refractivity contribution in [2.75, 3.05) is 26.3 Å². The Kier molecular flexibility index (Phi) is 3.68. The van der Waals surface area contributed by atoms with Gasteiger partial charge >= 0.3 is 5.97 Å². The number of ether oxygens (including phenoxy) is 1. The molecule has 1 N–H and O–H groups in total. The standard InChI is InChI=1S/C14H15N3O4/c18-13-10-3-1-2-4-11(10)15-12(14(19)20)17(13)9-16-5-7-21-8-6-16/h1-4H,5-9H2,(H,19,20). The number of benzene rings is 1. The van der Waals surface area contributed by atoms with Gasteiger partial charge in [-0.05, 0) is 12.1 Å². The zero-order valence-corrected chi connectivity index (χ0v) is 11.4. The van der Waals surface area contributed by atoms with E-state index in [0.29, 0.717) is 37.2 Å². The second-order valence-electron chi connectivity index (χ2n) is 4.86. The van der Waals surface area contributed by atoms with Gasteiger partial charge in [0.25, 0.3) is 5.56 Å². The van der Waals surface area contributed by atoms with Crippen molar-refractivity contribution >= 4 is 16.9 Å². The Hall–Kier alpha value is -2.25. The van der Waals surface area contributed by atoms with Gasteiger partial charge in [-0.1, -0.05) is 12.1 Å². The first kappa shape index (κ1) is 13.7. The van der Waals surface area contributed by atoms with Gasteiger partial charge in [0.15, 0.2) is 0 Å². The summed E-state index contributed by atoms with van der Waals surface area (Å²) in [5, 5.41) is 9.74. The van der Waals surface area contributed by atoms with Crippen LogP contribution in [0.1, 0.15) is 10.6 Å². The Balaban J connectivity index is 2.10. The summed E-state index contributed by atoms with van der Waals surface area (Å²) in [6, 6.07) is 6.77. The molecule has 1 saturated heterocycles. The lowest BCUT2D eigenvalue weighted by atomic mass is 10.2. The highest BCUT2D eigenvalue weighted by molar-refractivity contribution is 5.87. The Morgan fingerprint density at radius 2 is 2.00 bits per heavy atom. The zero-order chi connectivity index (χ0) is 14.8. The summed E-state index contributed by atoms with van der Waals surface area (Å²) in [5.74, 6) is -1.43. The molecule has 0 saturated carbocycles. The number of hydrogen-bond donors (Lipinski definition) is 1. The Morgan fingerprint density at radius 1 is 1.29 bits per heavy atom. The number of para-hydroxylation sites is 1. The van der Waals surface area contributed by atoms with Gasteiger partial charge in [0.2, 0.25) is 5.82 Å². The Bertz CT molecular complexity index is 735. The number of aromatic nitrogens is 2. The average molecular weight is 289 g/mol. The molecule has 1 aromatic carbocycles. The van der Waals surface area contributed by atoms with E-state index in [1.807, 2.05) is 4.90 Å². The molecule has 1 aliphatic rings. The molecule has 0 atom stereocenters. The molecule has 21 heavy (non-hydrogen) atoms. The lowest BCUT2D eigenvalue weighted by molar-refractivity contribution is 0.0217. The second-order valence-corrected chi connectivity index (χ2v) is 4.86. The van der Waals surface area contributed by atoms with Crippen LogP contribution in [0.25, 0.3) is 10.9 Å². The predicted molar refractivity (Wildman–Crippen MR) is 75.4 cm³/mol. The van der Waals surface area contributed by atoms with Crippen molar-refractivity contribution in [2.24, 2.45) is 0 Å². The lowest BCUT2D eigenvalue weighted by Crippen LogP contribution is -2.41. The number of aromatic carboxylic acids is 1. The van der Waals surface area contributed by atoms with Crippen LogP contribution in [0.15, 0.2) is 29.1 Å². The van der Waals surface area contributed by atoms with Crippen LogP contribution >= 0.6 is 0 Å². The van der Waals surface area contributed by atoms with Crippen molar-refractivity contribution in [1.29, 1.82) is 0 Å². The quantitative estimate of drug-likeness (QED) is 0.879. The summed E-state index contributed by atoms with van der Waals surface area (Å²) in [6.45, 7) is 2.70. The van der Waals surface area contributed by atoms with Gasteiger partial charge in [-0.15, -0.1) is 0 Å². The van der Waals surface area contributed by atoms with E-state index in [1.165, 1.54) is 4.57 Å². The number of hydrogen-bond acceptors (Lipinski definition) is 5. The molecule has 0 aliphatic carbocycles. The van der Waals surface area contributed by atoms with E-state index >= 15 is 0 Å². The molecular formula is C14H15N3O4. The van der Waals surface area contributed by atoms with Gasteiger partial charge < -0.3 is 9.84 Å². The maximum Gasteiger partial charge on any atom is 0.372 e. The fourth-order valence-electron chi connectivity index (χ4n) is 2.41. The third-order valence-electron chi connectivity index (χ3n) is 3.50. The molecule has 7 heteroatoms. The van der Waals surface area contributed by atoms with E-state index in [2.05, 4.69) is 4.98 Å². The van der Waals surface area contributed by atoms with Gasteiger partial charge in [-0.2, -0.15) is 0 Å². The average Bonchev–Trinajstić information content (AvgIpc) is 2.51. The molecule has 110 valence electrons. The number of rotatable bonds is 3. The molecule has 0 bridgehead atoms. The highest BCUT2D eigenvalue weighted by Gasteiger charge is 2.19. The molecular weight excluding hydrogens is 274 g/mol. The first-order valence-electron chi connectivity index (χ1n) is 6.70. The number of carboxylic acid groups (broad SMARTS) is 1.